The number of nitrogens with zero attached hydrogens (tertiary/aromatic N) is 1. The van der Waals surface area contributed by atoms with Crippen LogP contribution in [-0.2, 0) is 0 Å². The molecule has 0 bridgehead atoms. The van der Waals surface area contributed by atoms with Gasteiger partial charge in [0.2, 0.25) is 0 Å². The molecule has 21 heavy (non-hydrogen) atoms. The minimum atomic E-state index is -0.295. The van der Waals surface area contributed by atoms with Gasteiger partial charge in [-0.3, -0.25) is 4.79 Å². The Bertz CT molecular complexity index is 686. The first-order valence-electron chi connectivity index (χ1n) is 7.30. The first-order valence-corrected chi connectivity index (χ1v) is 7.30. The number of rotatable bonds is 2. The number of nitrogens with two attached hydrogens (primary N) is 1. The molecule has 0 aliphatic carbocycles. The maximum atomic E-state index is 13.9. The topological polar surface area (TPSA) is 46.3 Å². The van der Waals surface area contributed by atoms with Crippen LogP contribution in [0.3, 0.4) is 0 Å². The van der Waals surface area contributed by atoms with Gasteiger partial charge in [-0.2, -0.15) is 0 Å². The lowest BCUT2D eigenvalue weighted by Crippen LogP contribution is -2.34. The summed E-state index contributed by atoms with van der Waals surface area (Å²) in [5, 5.41) is 1.16. The van der Waals surface area contributed by atoms with E-state index < -0.39 is 0 Å². The van der Waals surface area contributed by atoms with E-state index in [-0.39, 0.29) is 17.8 Å². The molecule has 2 aromatic carbocycles. The lowest BCUT2D eigenvalue weighted by Gasteiger charge is -2.22. The number of benzene rings is 2. The summed E-state index contributed by atoms with van der Waals surface area (Å²) >= 11 is 0. The number of carbonyl (C=O) groups excluding carboxylic acids is 1. The fraction of sp³-hybridized carbons (Fsp3) is 0.353. The van der Waals surface area contributed by atoms with Gasteiger partial charge in [-0.05, 0) is 43.3 Å². The van der Waals surface area contributed by atoms with E-state index in [1.165, 1.54) is 6.07 Å². The van der Waals surface area contributed by atoms with Gasteiger partial charge in [0.15, 0.2) is 0 Å². The van der Waals surface area contributed by atoms with Gasteiger partial charge in [-0.1, -0.05) is 24.3 Å². The Hall–Kier alpha value is -1.94. The second kappa shape index (κ2) is 5.45. The van der Waals surface area contributed by atoms with Crippen LogP contribution in [0, 0.1) is 11.7 Å². The maximum Gasteiger partial charge on any atom is 0.254 e. The van der Waals surface area contributed by atoms with Crippen molar-refractivity contribution in [3.63, 3.8) is 0 Å². The van der Waals surface area contributed by atoms with Crippen molar-refractivity contribution in [1.29, 1.82) is 0 Å². The number of likely N-dealkylation sites (tertiary alicyclic amines) is 1. The van der Waals surface area contributed by atoms with Crippen LogP contribution in [0.25, 0.3) is 10.8 Å². The lowest BCUT2D eigenvalue weighted by atomic mass is 10.0. The van der Waals surface area contributed by atoms with E-state index in [0.717, 1.165) is 6.42 Å². The highest BCUT2D eigenvalue weighted by molar-refractivity contribution is 6.07. The average molecular weight is 286 g/mol. The molecule has 2 aromatic rings. The molecule has 1 heterocycles. The molecule has 1 saturated heterocycles. The molecule has 4 heteroatoms. The summed E-state index contributed by atoms with van der Waals surface area (Å²) in [7, 11) is 0. The Morgan fingerprint density at radius 2 is 2.00 bits per heavy atom. The smallest absolute Gasteiger partial charge is 0.254 e. The van der Waals surface area contributed by atoms with E-state index in [0.29, 0.717) is 35.3 Å². The molecule has 3 nitrogen and oxygen atoms in total. The number of amides is 1. The van der Waals surface area contributed by atoms with Crippen molar-refractivity contribution in [2.75, 3.05) is 13.1 Å². The van der Waals surface area contributed by atoms with Gasteiger partial charge in [0, 0.05) is 23.5 Å². The molecule has 1 aliphatic heterocycles. The molecule has 1 amide bonds. The molecule has 2 N–H and O–H groups in total. The molecule has 2 unspecified atom stereocenters. The fourth-order valence-corrected chi connectivity index (χ4v) is 3.20. The molecule has 0 aromatic heterocycles. The van der Waals surface area contributed by atoms with Gasteiger partial charge >= 0.3 is 0 Å². The fourth-order valence-electron chi connectivity index (χ4n) is 3.20. The molecule has 110 valence electrons. The molecule has 0 radical (unpaired) electrons. The van der Waals surface area contributed by atoms with Crippen molar-refractivity contribution < 1.29 is 9.18 Å². The number of carbonyl (C=O) groups is 1. The molecule has 2 atom stereocenters. The number of halogens is 1. The number of hydrogen-bond donors (Lipinski definition) is 1. The van der Waals surface area contributed by atoms with Crippen LogP contribution in [0.1, 0.15) is 23.7 Å². The van der Waals surface area contributed by atoms with E-state index >= 15 is 0 Å². The van der Waals surface area contributed by atoms with Crippen LogP contribution in [0.2, 0.25) is 0 Å². The van der Waals surface area contributed by atoms with E-state index in [1.54, 1.807) is 24.3 Å². The predicted molar refractivity (Wildman–Crippen MR) is 81.6 cm³/mol. The highest BCUT2D eigenvalue weighted by Gasteiger charge is 2.32. The van der Waals surface area contributed by atoms with Crippen molar-refractivity contribution >= 4 is 16.7 Å². The van der Waals surface area contributed by atoms with Gasteiger partial charge in [-0.25, -0.2) is 4.39 Å². The monoisotopic (exact) mass is 286 g/mol. The minimum absolute atomic E-state index is 0.0327. The Morgan fingerprint density at radius 3 is 2.67 bits per heavy atom. The molecule has 0 spiro atoms. The van der Waals surface area contributed by atoms with Crippen molar-refractivity contribution in [1.82, 2.24) is 4.90 Å². The summed E-state index contributed by atoms with van der Waals surface area (Å²) in [5.74, 6) is 0.0294. The highest BCUT2D eigenvalue weighted by Crippen LogP contribution is 2.28. The summed E-state index contributed by atoms with van der Waals surface area (Å²) in [6.07, 6.45) is 0.932. The normalized spacial score (nSPS) is 22.0. The van der Waals surface area contributed by atoms with Gasteiger partial charge in [0.25, 0.3) is 5.91 Å². The van der Waals surface area contributed by atoms with E-state index in [4.69, 9.17) is 5.73 Å². The van der Waals surface area contributed by atoms with Crippen LogP contribution in [0.4, 0.5) is 4.39 Å². The lowest BCUT2D eigenvalue weighted by molar-refractivity contribution is 0.0745. The van der Waals surface area contributed by atoms with Crippen LogP contribution < -0.4 is 5.73 Å². The predicted octanol–water partition coefficient (Wildman–Crippen LogP) is 2.79. The minimum Gasteiger partial charge on any atom is -0.336 e. The van der Waals surface area contributed by atoms with Crippen molar-refractivity contribution in [2.45, 2.75) is 19.4 Å². The van der Waals surface area contributed by atoms with Crippen molar-refractivity contribution in [3.05, 3.63) is 47.8 Å². The largest absolute Gasteiger partial charge is 0.336 e. The molecule has 1 aliphatic rings. The summed E-state index contributed by atoms with van der Waals surface area (Å²) in [6.45, 7) is 3.32. The third-order valence-electron chi connectivity index (χ3n) is 4.36. The summed E-state index contributed by atoms with van der Waals surface area (Å²) < 4.78 is 13.9. The van der Waals surface area contributed by atoms with E-state index in [9.17, 15) is 9.18 Å². The van der Waals surface area contributed by atoms with Gasteiger partial charge < -0.3 is 10.6 Å². The zero-order valence-electron chi connectivity index (χ0n) is 12.1. The Kier molecular flexibility index (Phi) is 3.64. The van der Waals surface area contributed by atoms with Crippen LogP contribution >= 0.6 is 0 Å². The first-order chi connectivity index (χ1) is 10.1. The quantitative estimate of drug-likeness (QED) is 0.922. The zero-order chi connectivity index (χ0) is 15.0. The maximum absolute atomic E-state index is 13.9. The van der Waals surface area contributed by atoms with E-state index in [2.05, 4.69) is 0 Å². The molecular weight excluding hydrogens is 267 g/mol. The summed E-state index contributed by atoms with van der Waals surface area (Å²) in [6, 6.07) is 10.2. The zero-order valence-corrected chi connectivity index (χ0v) is 12.1. The Morgan fingerprint density at radius 1 is 1.29 bits per heavy atom. The molecule has 3 rings (SSSR count). The van der Waals surface area contributed by atoms with Gasteiger partial charge in [0.05, 0.1) is 0 Å². The Labute approximate surface area is 123 Å². The molecular formula is C17H19FN2O. The third kappa shape index (κ3) is 2.40. The summed E-state index contributed by atoms with van der Waals surface area (Å²) in [4.78, 5) is 14.7. The number of hydrogen-bond acceptors (Lipinski definition) is 2. The second-order valence-corrected chi connectivity index (χ2v) is 5.78. The highest BCUT2D eigenvalue weighted by atomic mass is 19.1. The average Bonchev–Trinajstić information content (AvgIpc) is 2.88. The van der Waals surface area contributed by atoms with Crippen LogP contribution in [0.15, 0.2) is 36.4 Å². The van der Waals surface area contributed by atoms with Crippen molar-refractivity contribution in [3.8, 4) is 0 Å². The van der Waals surface area contributed by atoms with Crippen molar-refractivity contribution in [2.24, 2.45) is 11.7 Å². The number of fused-ring (bicyclic) bond motifs is 1. The first kappa shape index (κ1) is 14.0. The SMILES string of the molecule is CC1CC(CN)CN1C(=O)c1ccc(F)c2ccccc12. The molecule has 0 saturated carbocycles. The van der Waals surface area contributed by atoms with Gasteiger partial charge in [0.1, 0.15) is 5.82 Å². The molecule has 1 fully saturated rings. The second-order valence-electron chi connectivity index (χ2n) is 5.78. The summed E-state index contributed by atoms with van der Waals surface area (Å²) in [5.41, 5.74) is 6.29. The standard InChI is InChI=1S/C17H19FN2O/c1-11-8-12(9-19)10-20(11)17(21)15-6-7-16(18)14-5-3-2-4-13(14)15/h2-7,11-12H,8-10,19H2,1H3. The third-order valence-corrected chi connectivity index (χ3v) is 4.36. The van der Waals surface area contributed by atoms with Crippen LogP contribution in [-0.4, -0.2) is 29.9 Å². The van der Waals surface area contributed by atoms with Crippen LogP contribution in [0.5, 0.6) is 0 Å². The Balaban J connectivity index is 2.01. The van der Waals surface area contributed by atoms with Gasteiger partial charge in [-0.15, -0.1) is 0 Å². The van der Waals surface area contributed by atoms with E-state index in [1.807, 2.05) is 17.9 Å².